The number of benzene rings is 3. The van der Waals surface area contributed by atoms with Crippen LogP contribution in [0.25, 0.3) is 10.9 Å². The number of likely N-dealkylation sites (N-methyl/N-ethyl adjacent to an activating group) is 1. The summed E-state index contributed by atoms with van der Waals surface area (Å²) < 4.78 is 10.9. The van der Waals surface area contributed by atoms with Gasteiger partial charge in [0.25, 0.3) is 0 Å². The third kappa shape index (κ3) is 5.22. The van der Waals surface area contributed by atoms with Crippen molar-refractivity contribution in [2.75, 3.05) is 51.5 Å². The molecule has 1 aliphatic heterocycles. The van der Waals surface area contributed by atoms with Crippen LogP contribution in [-0.4, -0.2) is 55.8 Å². The number of halogens is 1. The number of ether oxygens (including phenoxy) is 2. The summed E-state index contributed by atoms with van der Waals surface area (Å²) in [7, 11) is 5.26. The van der Waals surface area contributed by atoms with E-state index >= 15 is 0 Å². The van der Waals surface area contributed by atoms with E-state index in [4.69, 9.17) is 31.8 Å². The van der Waals surface area contributed by atoms with Crippen LogP contribution >= 0.6 is 11.6 Å². The largest absolute Gasteiger partial charge is 0.493 e. The number of likely N-dealkylation sites (tertiary alicyclic amines) is 1. The van der Waals surface area contributed by atoms with Gasteiger partial charge >= 0.3 is 0 Å². The molecule has 0 amide bonds. The van der Waals surface area contributed by atoms with Gasteiger partial charge in [-0.1, -0.05) is 60.1 Å². The number of nitrogens with zero attached hydrogens (tertiary/aromatic N) is 4. The van der Waals surface area contributed by atoms with Gasteiger partial charge in [0.2, 0.25) is 5.95 Å². The van der Waals surface area contributed by atoms with Crippen molar-refractivity contribution in [3.05, 3.63) is 82.9 Å². The first-order valence-electron chi connectivity index (χ1n) is 12.8. The number of anilines is 2. The Hall–Kier alpha value is -3.55. The summed E-state index contributed by atoms with van der Waals surface area (Å²) in [6.07, 6.45) is 2.03. The lowest BCUT2D eigenvalue weighted by Crippen LogP contribution is -2.48. The first kappa shape index (κ1) is 26.1. The van der Waals surface area contributed by atoms with Crippen LogP contribution in [0.4, 0.5) is 11.8 Å². The molecule has 198 valence electrons. The minimum atomic E-state index is -0.0440. The van der Waals surface area contributed by atoms with E-state index in [1.54, 1.807) is 14.2 Å². The second-order valence-corrected chi connectivity index (χ2v) is 10.4. The van der Waals surface area contributed by atoms with E-state index in [1.165, 1.54) is 11.1 Å². The molecular weight excluding hydrogens is 498 g/mol. The number of rotatable bonds is 8. The molecule has 2 N–H and O–H groups in total. The van der Waals surface area contributed by atoms with Crippen molar-refractivity contribution in [1.29, 1.82) is 0 Å². The Morgan fingerprint density at radius 3 is 2.29 bits per heavy atom. The minimum Gasteiger partial charge on any atom is -0.493 e. The highest BCUT2D eigenvalue weighted by atomic mass is 35.5. The molecular formula is C30H34ClN5O2. The molecule has 3 aromatic carbocycles. The highest BCUT2D eigenvalue weighted by Gasteiger charge is 2.38. The quantitative estimate of drug-likeness (QED) is 0.319. The summed E-state index contributed by atoms with van der Waals surface area (Å²) in [6, 6.07) is 22.6. The average molecular weight is 532 g/mol. The molecule has 0 saturated carbocycles. The molecule has 8 heteroatoms. The zero-order chi connectivity index (χ0) is 26.7. The van der Waals surface area contributed by atoms with Gasteiger partial charge in [-0.15, -0.1) is 0 Å². The normalized spacial score (nSPS) is 15.4. The molecule has 1 aromatic heterocycles. The van der Waals surface area contributed by atoms with E-state index in [9.17, 15) is 0 Å². The molecule has 0 atom stereocenters. The van der Waals surface area contributed by atoms with Gasteiger partial charge in [0.15, 0.2) is 11.5 Å². The van der Waals surface area contributed by atoms with Crippen LogP contribution in [0, 0.1) is 0 Å². The Balaban J connectivity index is 1.41. The molecule has 4 aromatic rings. The fraction of sp³-hybridized carbons (Fsp3) is 0.333. The predicted octanol–water partition coefficient (Wildman–Crippen LogP) is 5.55. The van der Waals surface area contributed by atoms with Gasteiger partial charge in [-0.2, -0.15) is 4.98 Å². The average Bonchev–Trinajstić information content (AvgIpc) is 2.95. The van der Waals surface area contributed by atoms with Crippen molar-refractivity contribution in [2.24, 2.45) is 0 Å². The van der Waals surface area contributed by atoms with E-state index in [0.29, 0.717) is 23.3 Å². The van der Waals surface area contributed by atoms with Gasteiger partial charge in [0, 0.05) is 42.0 Å². The third-order valence-corrected chi connectivity index (χ3v) is 8.02. The summed E-state index contributed by atoms with van der Waals surface area (Å²) in [4.78, 5) is 14.2. The molecule has 1 aliphatic rings. The summed E-state index contributed by atoms with van der Waals surface area (Å²) in [5, 5.41) is 1.57. The monoisotopic (exact) mass is 531 g/mol. The fourth-order valence-corrected chi connectivity index (χ4v) is 5.69. The van der Waals surface area contributed by atoms with Crippen LogP contribution in [-0.2, 0) is 12.0 Å². The molecule has 1 fully saturated rings. The number of aromatic nitrogens is 2. The number of nitrogens with two attached hydrogens (primary N) is 1. The topological polar surface area (TPSA) is 76.7 Å². The zero-order valence-electron chi connectivity index (χ0n) is 22.2. The van der Waals surface area contributed by atoms with Crippen molar-refractivity contribution in [3.63, 3.8) is 0 Å². The van der Waals surface area contributed by atoms with Crippen LogP contribution in [0.15, 0.2) is 66.7 Å². The summed E-state index contributed by atoms with van der Waals surface area (Å²) in [5.41, 5.74) is 9.59. The standard InChI is InChI=1S/C30H34ClN5O2/c1-35(29-33-25-18-27(38-3)26(37-2)17-23(25)28(32)34-29)20-30(22-10-5-4-6-11-22)13-15-36(16-14-30)19-21-9-7-8-12-24(21)31/h4-12,17-18H,13-16,19-20H2,1-3H3,(H2,32,33,34). The predicted molar refractivity (Wildman–Crippen MR) is 154 cm³/mol. The summed E-state index contributed by atoms with van der Waals surface area (Å²) >= 11 is 6.45. The van der Waals surface area contributed by atoms with Gasteiger partial charge in [-0.05, 0) is 49.2 Å². The number of fused-ring (bicyclic) bond motifs is 1. The Labute approximate surface area is 229 Å². The van der Waals surface area contributed by atoms with Crippen LogP contribution in [0.5, 0.6) is 11.5 Å². The minimum absolute atomic E-state index is 0.0440. The number of hydrogen-bond donors (Lipinski definition) is 1. The molecule has 0 spiro atoms. The first-order valence-corrected chi connectivity index (χ1v) is 13.2. The van der Waals surface area contributed by atoms with Crippen molar-refractivity contribution >= 4 is 34.3 Å². The highest BCUT2D eigenvalue weighted by molar-refractivity contribution is 6.31. The van der Waals surface area contributed by atoms with E-state index in [-0.39, 0.29) is 5.41 Å². The molecule has 2 heterocycles. The second-order valence-electron chi connectivity index (χ2n) is 10.0. The van der Waals surface area contributed by atoms with E-state index in [1.807, 2.05) is 31.3 Å². The van der Waals surface area contributed by atoms with Gasteiger partial charge in [-0.25, -0.2) is 4.98 Å². The van der Waals surface area contributed by atoms with Crippen molar-refractivity contribution < 1.29 is 9.47 Å². The van der Waals surface area contributed by atoms with Gasteiger partial charge < -0.3 is 20.1 Å². The van der Waals surface area contributed by atoms with Crippen LogP contribution in [0.1, 0.15) is 24.0 Å². The van der Waals surface area contributed by atoms with Crippen molar-refractivity contribution in [3.8, 4) is 11.5 Å². The number of hydrogen-bond acceptors (Lipinski definition) is 7. The van der Waals surface area contributed by atoms with Gasteiger partial charge in [0.05, 0.1) is 19.7 Å². The number of methoxy groups -OCH3 is 2. The Kier molecular flexibility index (Phi) is 7.58. The third-order valence-electron chi connectivity index (χ3n) is 7.65. The SMILES string of the molecule is COc1cc2nc(N(C)CC3(c4ccccc4)CCN(Cc4ccccc4Cl)CC3)nc(N)c2cc1OC. The molecule has 0 unspecified atom stereocenters. The highest BCUT2D eigenvalue weighted by Crippen LogP contribution is 2.39. The van der Waals surface area contributed by atoms with Crippen molar-refractivity contribution in [2.45, 2.75) is 24.8 Å². The van der Waals surface area contributed by atoms with Crippen molar-refractivity contribution in [1.82, 2.24) is 14.9 Å². The second kappa shape index (κ2) is 11.1. The molecule has 1 saturated heterocycles. The lowest BCUT2D eigenvalue weighted by molar-refractivity contribution is 0.155. The molecule has 0 aliphatic carbocycles. The lowest BCUT2D eigenvalue weighted by atomic mass is 9.72. The number of nitrogen functional groups attached to an aromatic ring is 1. The smallest absolute Gasteiger partial charge is 0.227 e. The zero-order valence-corrected chi connectivity index (χ0v) is 22.9. The summed E-state index contributed by atoms with van der Waals surface area (Å²) in [6.45, 7) is 3.59. The fourth-order valence-electron chi connectivity index (χ4n) is 5.50. The molecule has 0 bridgehead atoms. The maximum Gasteiger partial charge on any atom is 0.227 e. The Morgan fingerprint density at radius 2 is 1.61 bits per heavy atom. The van der Waals surface area contributed by atoms with Gasteiger partial charge in [0.1, 0.15) is 5.82 Å². The maximum absolute atomic E-state index is 6.45. The maximum atomic E-state index is 6.45. The van der Waals surface area contributed by atoms with Gasteiger partial charge in [-0.3, -0.25) is 4.90 Å². The molecule has 38 heavy (non-hydrogen) atoms. The van der Waals surface area contributed by atoms with E-state index in [2.05, 4.69) is 57.2 Å². The summed E-state index contributed by atoms with van der Waals surface area (Å²) in [5.74, 6) is 2.22. The first-order chi connectivity index (χ1) is 18.4. The van der Waals surface area contributed by atoms with Crippen LogP contribution in [0.2, 0.25) is 5.02 Å². The Bertz CT molecular complexity index is 1410. The van der Waals surface area contributed by atoms with E-state index < -0.39 is 0 Å². The molecule has 5 rings (SSSR count). The van der Waals surface area contributed by atoms with E-state index in [0.717, 1.165) is 54.9 Å². The van der Waals surface area contributed by atoms with Crippen LogP contribution < -0.4 is 20.1 Å². The van der Waals surface area contributed by atoms with Crippen LogP contribution in [0.3, 0.4) is 0 Å². The lowest BCUT2D eigenvalue weighted by Gasteiger charge is -2.44. The molecule has 7 nitrogen and oxygen atoms in total. The number of piperidine rings is 1. The molecule has 0 radical (unpaired) electrons. The Morgan fingerprint density at radius 1 is 0.947 bits per heavy atom.